The second-order valence-corrected chi connectivity index (χ2v) is 7.28. The quantitative estimate of drug-likeness (QED) is 0.587. The lowest BCUT2D eigenvalue weighted by Crippen LogP contribution is -2.15. The molecule has 106 valence electrons. The summed E-state index contributed by atoms with van der Waals surface area (Å²) >= 11 is 7.83. The summed E-state index contributed by atoms with van der Waals surface area (Å²) in [4.78, 5) is 10.2. The van der Waals surface area contributed by atoms with Gasteiger partial charge < -0.3 is 0 Å². The van der Waals surface area contributed by atoms with E-state index in [0.717, 1.165) is 17.3 Å². The molecule has 0 bridgehead atoms. The van der Waals surface area contributed by atoms with Gasteiger partial charge in [0.1, 0.15) is 11.0 Å². The first-order valence-corrected chi connectivity index (χ1v) is 7.94. The van der Waals surface area contributed by atoms with Crippen LogP contribution in [0.3, 0.4) is 0 Å². The van der Waals surface area contributed by atoms with Gasteiger partial charge >= 0.3 is 0 Å². The summed E-state index contributed by atoms with van der Waals surface area (Å²) in [5.41, 5.74) is 2.23. The number of halogens is 1. The second-order valence-electron chi connectivity index (χ2n) is 5.85. The van der Waals surface area contributed by atoms with Crippen molar-refractivity contribution in [2.75, 3.05) is 0 Å². The van der Waals surface area contributed by atoms with Crippen molar-refractivity contribution in [2.24, 2.45) is 0 Å². The van der Waals surface area contributed by atoms with Crippen LogP contribution in [0.15, 0.2) is 35.2 Å². The molecule has 0 fully saturated rings. The van der Waals surface area contributed by atoms with Crippen LogP contribution in [0.4, 0.5) is 0 Å². The van der Waals surface area contributed by atoms with Gasteiger partial charge in [-0.3, -0.25) is 0 Å². The molecule has 1 aromatic carbocycles. The van der Waals surface area contributed by atoms with Crippen LogP contribution in [-0.2, 0) is 11.2 Å². The SMILES string of the molecule is Cc1cccc(SCc2nc(Cl)cc(C(C)(C)C)n2)c1. The minimum atomic E-state index is -0.0185. The number of benzene rings is 1. The number of aromatic nitrogens is 2. The van der Waals surface area contributed by atoms with Crippen molar-refractivity contribution in [3.63, 3.8) is 0 Å². The molecule has 20 heavy (non-hydrogen) atoms. The summed E-state index contributed by atoms with van der Waals surface area (Å²) in [6, 6.07) is 10.3. The van der Waals surface area contributed by atoms with Gasteiger partial charge in [-0.1, -0.05) is 50.1 Å². The van der Waals surface area contributed by atoms with Crippen LogP contribution in [0.5, 0.6) is 0 Å². The first-order valence-electron chi connectivity index (χ1n) is 6.58. The molecule has 4 heteroatoms. The molecule has 0 aliphatic rings. The standard InChI is InChI=1S/C16H19ClN2S/c1-11-6-5-7-12(8-11)20-10-15-18-13(16(2,3)4)9-14(17)19-15/h5-9H,10H2,1-4H3. The molecule has 0 saturated heterocycles. The molecule has 0 atom stereocenters. The van der Waals surface area contributed by atoms with Crippen molar-refractivity contribution in [1.29, 1.82) is 0 Å². The maximum Gasteiger partial charge on any atom is 0.140 e. The molecule has 0 aliphatic carbocycles. The Hall–Kier alpha value is -1.06. The fourth-order valence-corrected chi connectivity index (χ4v) is 2.84. The highest BCUT2D eigenvalue weighted by Gasteiger charge is 2.17. The van der Waals surface area contributed by atoms with Gasteiger partial charge in [0.2, 0.25) is 0 Å². The number of hydrogen-bond acceptors (Lipinski definition) is 3. The van der Waals surface area contributed by atoms with Gasteiger partial charge in [-0.2, -0.15) is 0 Å². The fraction of sp³-hybridized carbons (Fsp3) is 0.375. The highest BCUT2D eigenvalue weighted by molar-refractivity contribution is 7.98. The summed E-state index contributed by atoms with van der Waals surface area (Å²) < 4.78 is 0. The third-order valence-electron chi connectivity index (χ3n) is 2.87. The van der Waals surface area contributed by atoms with Crippen LogP contribution in [0, 0.1) is 6.92 Å². The van der Waals surface area contributed by atoms with Gasteiger partial charge in [-0.15, -0.1) is 11.8 Å². The Morgan fingerprint density at radius 2 is 1.90 bits per heavy atom. The van der Waals surface area contributed by atoms with Crippen LogP contribution in [0.25, 0.3) is 0 Å². The summed E-state index contributed by atoms with van der Waals surface area (Å²) in [5, 5.41) is 0.518. The van der Waals surface area contributed by atoms with Crippen molar-refractivity contribution in [1.82, 2.24) is 9.97 Å². The number of thioether (sulfide) groups is 1. The van der Waals surface area contributed by atoms with Gasteiger partial charge in [-0.05, 0) is 25.1 Å². The normalized spacial score (nSPS) is 11.7. The Labute approximate surface area is 130 Å². The lowest BCUT2D eigenvalue weighted by atomic mass is 9.92. The molecule has 0 saturated carbocycles. The Morgan fingerprint density at radius 1 is 1.15 bits per heavy atom. The summed E-state index contributed by atoms with van der Waals surface area (Å²) in [5.74, 6) is 1.52. The van der Waals surface area contributed by atoms with E-state index in [1.54, 1.807) is 11.8 Å². The van der Waals surface area contributed by atoms with Crippen molar-refractivity contribution < 1.29 is 0 Å². The first kappa shape index (κ1) is 15.3. The average Bonchev–Trinajstić information content (AvgIpc) is 2.35. The van der Waals surface area contributed by atoms with E-state index in [4.69, 9.17) is 11.6 Å². The van der Waals surface area contributed by atoms with Crippen molar-refractivity contribution in [3.05, 3.63) is 52.6 Å². The maximum absolute atomic E-state index is 6.10. The van der Waals surface area contributed by atoms with E-state index in [9.17, 15) is 0 Å². The van der Waals surface area contributed by atoms with E-state index in [0.29, 0.717) is 5.15 Å². The topological polar surface area (TPSA) is 25.8 Å². The van der Waals surface area contributed by atoms with Crippen molar-refractivity contribution in [3.8, 4) is 0 Å². The van der Waals surface area contributed by atoms with Crippen LogP contribution in [0.2, 0.25) is 5.15 Å². The third kappa shape index (κ3) is 4.22. The minimum absolute atomic E-state index is 0.0185. The number of rotatable bonds is 3. The van der Waals surface area contributed by atoms with Crippen molar-refractivity contribution in [2.45, 2.75) is 43.8 Å². The molecule has 1 heterocycles. The number of aryl methyl sites for hydroxylation is 1. The summed E-state index contributed by atoms with van der Waals surface area (Å²) in [6.07, 6.45) is 0. The van der Waals surface area contributed by atoms with E-state index in [2.05, 4.69) is 61.9 Å². The lowest BCUT2D eigenvalue weighted by molar-refractivity contribution is 0.564. The van der Waals surface area contributed by atoms with Crippen LogP contribution >= 0.6 is 23.4 Å². The van der Waals surface area contributed by atoms with Crippen molar-refractivity contribution >= 4 is 23.4 Å². The number of nitrogens with zero attached hydrogens (tertiary/aromatic N) is 2. The van der Waals surface area contributed by atoms with Gasteiger partial charge in [-0.25, -0.2) is 9.97 Å². The van der Waals surface area contributed by atoms with Gasteiger partial charge in [0.25, 0.3) is 0 Å². The zero-order chi connectivity index (χ0) is 14.8. The summed E-state index contributed by atoms with van der Waals surface area (Å²) in [7, 11) is 0. The molecule has 0 amide bonds. The Morgan fingerprint density at radius 3 is 2.55 bits per heavy atom. The van der Waals surface area contributed by atoms with Crippen LogP contribution in [-0.4, -0.2) is 9.97 Å². The van der Waals surface area contributed by atoms with Gasteiger partial charge in [0.15, 0.2) is 0 Å². The lowest BCUT2D eigenvalue weighted by Gasteiger charge is -2.18. The molecule has 0 unspecified atom stereocenters. The molecule has 1 aromatic heterocycles. The Balaban J connectivity index is 2.16. The predicted molar refractivity (Wildman–Crippen MR) is 86.5 cm³/mol. The largest absolute Gasteiger partial charge is 0.236 e. The van der Waals surface area contributed by atoms with E-state index >= 15 is 0 Å². The molecule has 2 nitrogen and oxygen atoms in total. The molecule has 0 N–H and O–H groups in total. The Bertz CT molecular complexity index is 606. The van der Waals surface area contributed by atoms with E-state index in [1.807, 2.05) is 6.07 Å². The maximum atomic E-state index is 6.10. The molecule has 0 aliphatic heterocycles. The molecular formula is C16H19ClN2S. The molecule has 0 radical (unpaired) electrons. The van der Waals surface area contributed by atoms with E-state index in [-0.39, 0.29) is 5.41 Å². The number of hydrogen-bond donors (Lipinski definition) is 0. The minimum Gasteiger partial charge on any atom is -0.236 e. The monoisotopic (exact) mass is 306 g/mol. The highest BCUT2D eigenvalue weighted by Crippen LogP contribution is 2.26. The first-order chi connectivity index (χ1) is 9.34. The third-order valence-corrected chi connectivity index (χ3v) is 4.05. The summed E-state index contributed by atoms with van der Waals surface area (Å²) in [6.45, 7) is 8.48. The average molecular weight is 307 g/mol. The molecule has 2 rings (SSSR count). The zero-order valence-corrected chi connectivity index (χ0v) is 13.8. The smallest absolute Gasteiger partial charge is 0.140 e. The molecule has 2 aromatic rings. The zero-order valence-electron chi connectivity index (χ0n) is 12.3. The van der Waals surface area contributed by atoms with E-state index in [1.165, 1.54) is 10.5 Å². The fourth-order valence-electron chi connectivity index (χ4n) is 1.77. The van der Waals surface area contributed by atoms with Crippen LogP contribution in [0.1, 0.15) is 37.9 Å². The van der Waals surface area contributed by atoms with Gasteiger partial charge in [0, 0.05) is 10.3 Å². The van der Waals surface area contributed by atoms with Gasteiger partial charge in [0.05, 0.1) is 11.4 Å². The molecule has 0 spiro atoms. The molecular weight excluding hydrogens is 288 g/mol. The highest BCUT2D eigenvalue weighted by atomic mass is 35.5. The Kier molecular flexibility index (Phi) is 4.71. The van der Waals surface area contributed by atoms with Crippen LogP contribution < -0.4 is 0 Å². The second kappa shape index (κ2) is 6.15. The predicted octanol–water partition coefficient (Wildman–Crippen LogP) is 5.03. The van der Waals surface area contributed by atoms with E-state index < -0.39 is 0 Å².